The van der Waals surface area contributed by atoms with Crippen molar-refractivity contribution in [3.8, 4) is 17.2 Å². The number of rotatable bonds is 3. The molecule has 26 heavy (non-hydrogen) atoms. The molecule has 0 bridgehead atoms. The third-order valence-electron chi connectivity index (χ3n) is 4.02. The average Bonchev–Trinajstić information content (AvgIpc) is 2.66. The minimum absolute atomic E-state index is 0.126. The summed E-state index contributed by atoms with van der Waals surface area (Å²) in [5.74, 6) is 1.28. The summed E-state index contributed by atoms with van der Waals surface area (Å²) in [5.41, 5.74) is 0.859. The second kappa shape index (κ2) is 6.44. The van der Waals surface area contributed by atoms with Gasteiger partial charge in [-0.15, -0.1) is 0 Å². The number of anilines is 1. The molecule has 0 saturated carbocycles. The standard InChI is InChI=1S/C19H16N2O5/c1-23-15-4-2-3-11-9-13(18(20)26-17(11)15)19(22)21-12-5-6-14-16(10-12)25-8-7-24-14/h2-6,9-10,20H,7-8H2,1H3,(H,21,22). The zero-order chi connectivity index (χ0) is 18.1. The Morgan fingerprint density at radius 2 is 1.92 bits per heavy atom. The van der Waals surface area contributed by atoms with Gasteiger partial charge in [0.15, 0.2) is 22.8 Å². The molecule has 7 heteroatoms. The van der Waals surface area contributed by atoms with Crippen LogP contribution in [0.3, 0.4) is 0 Å². The van der Waals surface area contributed by atoms with Crippen LogP contribution in [0.1, 0.15) is 10.4 Å². The van der Waals surface area contributed by atoms with Crippen LogP contribution in [0.5, 0.6) is 17.2 Å². The van der Waals surface area contributed by atoms with Crippen LogP contribution in [0.2, 0.25) is 0 Å². The maximum Gasteiger partial charge on any atom is 0.261 e. The molecule has 132 valence electrons. The lowest BCUT2D eigenvalue weighted by Gasteiger charge is -2.19. The van der Waals surface area contributed by atoms with Gasteiger partial charge >= 0.3 is 0 Å². The van der Waals surface area contributed by atoms with Crippen molar-refractivity contribution in [3.63, 3.8) is 0 Å². The lowest BCUT2D eigenvalue weighted by atomic mass is 10.1. The Balaban J connectivity index is 1.66. The molecular formula is C19H16N2O5. The van der Waals surface area contributed by atoms with Gasteiger partial charge in [-0.1, -0.05) is 12.1 Å². The van der Waals surface area contributed by atoms with E-state index in [1.165, 1.54) is 7.11 Å². The molecular weight excluding hydrogens is 336 g/mol. The normalized spacial score (nSPS) is 12.7. The third kappa shape index (κ3) is 2.83. The van der Waals surface area contributed by atoms with Crippen LogP contribution in [0, 0.1) is 5.41 Å². The lowest BCUT2D eigenvalue weighted by Crippen LogP contribution is -2.21. The number of benzene rings is 2. The number of carbonyl (C=O) groups excluding carboxylic acids is 1. The number of methoxy groups -OCH3 is 1. The molecule has 0 atom stereocenters. The molecule has 1 aromatic heterocycles. The quantitative estimate of drug-likeness (QED) is 0.756. The van der Waals surface area contributed by atoms with Crippen LogP contribution in [-0.4, -0.2) is 26.2 Å². The van der Waals surface area contributed by atoms with Gasteiger partial charge in [0.05, 0.1) is 7.11 Å². The van der Waals surface area contributed by atoms with Gasteiger partial charge in [-0.3, -0.25) is 10.2 Å². The van der Waals surface area contributed by atoms with Crippen molar-refractivity contribution in [2.24, 2.45) is 0 Å². The number of para-hydroxylation sites is 1. The molecule has 1 amide bonds. The predicted octanol–water partition coefficient (Wildman–Crippen LogP) is 2.94. The third-order valence-corrected chi connectivity index (χ3v) is 4.02. The van der Waals surface area contributed by atoms with E-state index in [2.05, 4.69) is 5.32 Å². The maximum absolute atomic E-state index is 12.6. The van der Waals surface area contributed by atoms with Gasteiger partial charge in [0.1, 0.15) is 18.8 Å². The van der Waals surface area contributed by atoms with E-state index in [0.717, 1.165) is 0 Å². The number of fused-ring (bicyclic) bond motifs is 2. The molecule has 0 saturated heterocycles. The average molecular weight is 352 g/mol. The van der Waals surface area contributed by atoms with Crippen LogP contribution >= 0.6 is 0 Å². The Morgan fingerprint density at radius 1 is 1.12 bits per heavy atom. The highest BCUT2D eigenvalue weighted by Crippen LogP contribution is 2.32. The van der Waals surface area contributed by atoms with E-state index in [0.29, 0.717) is 47.1 Å². The second-order valence-electron chi connectivity index (χ2n) is 5.68. The first-order chi connectivity index (χ1) is 12.7. The minimum Gasteiger partial charge on any atom is -0.493 e. The number of ether oxygens (including phenoxy) is 3. The molecule has 1 aliphatic rings. The van der Waals surface area contributed by atoms with E-state index < -0.39 is 5.91 Å². The number of hydrogen-bond donors (Lipinski definition) is 2. The van der Waals surface area contributed by atoms with E-state index in [-0.39, 0.29) is 11.1 Å². The topological polar surface area (TPSA) is 93.8 Å². The summed E-state index contributed by atoms with van der Waals surface area (Å²) in [6, 6.07) is 12.1. The van der Waals surface area contributed by atoms with Crippen LogP contribution in [0.25, 0.3) is 11.0 Å². The summed E-state index contributed by atoms with van der Waals surface area (Å²) in [7, 11) is 1.52. The molecule has 0 fully saturated rings. The minimum atomic E-state index is -0.444. The summed E-state index contributed by atoms with van der Waals surface area (Å²) in [6.45, 7) is 0.968. The van der Waals surface area contributed by atoms with Crippen molar-refractivity contribution in [3.05, 3.63) is 53.6 Å². The van der Waals surface area contributed by atoms with Gasteiger partial charge < -0.3 is 23.9 Å². The highest BCUT2D eigenvalue weighted by molar-refractivity contribution is 6.05. The van der Waals surface area contributed by atoms with E-state index in [9.17, 15) is 4.79 Å². The molecule has 2 aromatic carbocycles. The fourth-order valence-corrected chi connectivity index (χ4v) is 2.78. The Labute approximate surface area is 148 Å². The van der Waals surface area contributed by atoms with Gasteiger partial charge in [0.2, 0.25) is 5.55 Å². The van der Waals surface area contributed by atoms with Crippen LogP contribution < -0.4 is 25.1 Å². The number of carbonyl (C=O) groups is 1. The van der Waals surface area contributed by atoms with E-state index in [4.69, 9.17) is 24.0 Å². The first kappa shape index (κ1) is 16.0. The molecule has 0 radical (unpaired) electrons. The molecule has 2 N–H and O–H groups in total. The molecule has 2 heterocycles. The fourth-order valence-electron chi connectivity index (χ4n) is 2.78. The Kier molecular flexibility index (Phi) is 3.96. The van der Waals surface area contributed by atoms with Gasteiger partial charge in [-0.25, -0.2) is 0 Å². The van der Waals surface area contributed by atoms with Gasteiger partial charge in [0.25, 0.3) is 5.91 Å². The van der Waals surface area contributed by atoms with Crippen molar-refractivity contribution in [2.75, 3.05) is 25.6 Å². The van der Waals surface area contributed by atoms with Gasteiger partial charge in [-0.2, -0.15) is 0 Å². The molecule has 3 aromatic rings. The first-order valence-corrected chi connectivity index (χ1v) is 8.02. The van der Waals surface area contributed by atoms with Crippen LogP contribution in [-0.2, 0) is 0 Å². The Hall–Kier alpha value is -3.48. The molecule has 1 aliphatic heterocycles. The fraction of sp³-hybridized carbons (Fsp3) is 0.158. The van der Waals surface area contributed by atoms with Crippen LogP contribution in [0.15, 0.2) is 46.9 Å². The smallest absolute Gasteiger partial charge is 0.261 e. The van der Waals surface area contributed by atoms with Crippen molar-refractivity contribution >= 4 is 22.6 Å². The Bertz CT molecular complexity index is 1060. The van der Waals surface area contributed by atoms with Crippen LogP contribution in [0.4, 0.5) is 5.69 Å². The zero-order valence-electron chi connectivity index (χ0n) is 14.0. The predicted molar refractivity (Wildman–Crippen MR) is 94.0 cm³/mol. The van der Waals surface area contributed by atoms with Crippen molar-refractivity contribution < 1.29 is 23.4 Å². The monoisotopic (exact) mass is 352 g/mol. The van der Waals surface area contributed by atoms with E-state index in [1.807, 2.05) is 0 Å². The summed E-state index contributed by atoms with van der Waals surface area (Å²) in [4.78, 5) is 12.6. The SMILES string of the molecule is COc1cccc2cc(C(=O)Nc3ccc4c(c3)OCCO4)c(=N)oc12. The zero-order valence-corrected chi connectivity index (χ0v) is 14.0. The molecule has 0 unspecified atom stereocenters. The van der Waals surface area contributed by atoms with E-state index in [1.54, 1.807) is 42.5 Å². The summed E-state index contributed by atoms with van der Waals surface area (Å²) < 4.78 is 21.7. The molecule has 0 aliphatic carbocycles. The molecule has 0 spiro atoms. The van der Waals surface area contributed by atoms with Crippen molar-refractivity contribution in [2.45, 2.75) is 0 Å². The largest absolute Gasteiger partial charge is 0.493 e. The lowest BCUT2D eigenvalue weighted by molar-refractivity contribution is 0.102. The second-order valence-corrected chi connectivity index (χ2v) is 5.68. The molecule has 7 nitrogen and oxygen atoms in total. The summed E-state index contributed by atoms with van der Waals surface area (Å²) >= 11 is 0. The maximum atomic E-state index is 12.6. The first-order valence-electron chi connectivity index (χ1n) is 8.02. The van der Waals surface area contributed by atoms with Crippen molar-refractivity contribution in [1.82, 2.24) is 0 Å². The number of amides is 1. The van der Waals surface area contributed by atoms with Gasteiger partial charge in [-0.05, 0) is 24.3 Å². The molecule has 4 rings (SSSR count). The number of hydrogen-bond acceptors (Lipinski definition) is 6. The highest BCUT2D eigenvalue weighted by atomic mass is 16.6. The number of nitrogens with one attached hydrogen (secondary N) is 2. The van der Waals surface area contributed by atoms with Crippen molar-refractivity contribution in [1.29, 1.82) is 5.41 Å². The van der Waals surface area contributed by atoms with E-state index >= 15 is 0 Å². The summed E-state index contributed by atoms with van der Waals surface area (Å²) in [5, 5.41) is 11.5. The Morgan fingerprint density at radius 3 is 2.73 bits per heavy atom. The summed E-state index contributed by atoms with van der Waals surface area (Å²) in [6.07, 6.45) is 0. The van der Waals surface area contributed by atoms with Gasteiger partial charge in [0, 0.05) is 17.1 Å². The highest BCUT2D eigenvalue weighted by Gasteiger charge is 2.16.